The zero-order valence-corrected chi connectivity index (χ0v) is 14.4. The van der Waals surface area contributed by atoms with Crippen LogP contribution in [0.1, 0.15) is 18.4 Å². The van der Waals surface area contributed by atoms with E-state index < -0.39 is 10.0 Å². The van der Waals surface area contributed by atoms with Gasteiger partial charge in [0.25, 0.3) is 0 Å². The topological polar surface area (TPSA) is 99.5 Å². The molecule has 1 saturated heterocycles. The fourth-order valence-corrected chi connectivity index (χ4v) is 3.52. The highest BCUT2D eigenvalue weighted by Gasteiger charge is 2.22. The summed E-state index contributed by atoms with van der Waals surface area (Å²) < 4.78 is 30.5. The molecule has 0 aromatic heterocycles. The molecular formula is C16H21N3O4S. The molecule has 0 atom stereocenters. The average molecular weight is 351 g/mol. The first kappa shape index (κ1) is 18.2. The van der Waals surface area contributed by atoms with Gasteiger partial charge in [-0.2, -0.15) is 5.26 Å². The van der Waals surface area contributed by atoms with Crippen molar-refractivity contribution in [2.45, 2.75) is 12.8 Å². The molecule has 1 aliphatic heterocycles. The number of nitriles is 1. The summed E-state index contributed by atoms with van der Waals surface area (Å²) in [5.41, 5.74) is 0.796. The van der Waals surface area contributed by atoms with Gasteiger partial charge in [0.1, 0.15) is 0 Å². The maximum Gasteiger partial charge on any atom is 0.232 e. The highest BCUT2D eigenvalue weighted by atomic mass is 32.2. The van der Waals surface area contributed by atoms with E-state index in [0.717, 1.165) is 6.26 Å². The summed E-state index contributed by atoms with van der Waals surface area (Å²) in [5.74, 6) is -0.148. The average Bonchev–Trinajstić information content (AvgIpc) is 2.58. The van der Waals surface area contributed by atoms with Crippen LogP contribution in [0.15, 0.2) is 24.3 Å². The van der Waals surface area contributed by atoms with Crippen LogP contribution in [0.2, 0.25) is 0 Å². The minimum Gasteiger partial charge on any atom is -0.381 e. The number of carbonyl (C=O) groups is 1. The Balaban J connectivity index is 1.99. The van der Waals surface area contributed by atoms with Gasteiger partial charge in [-0.15, -0.1) is 0 Å². The van der Waals surface area contributed by atoms with Crippen molar-refractivity contribution in [1.82, 2.24) is 5.32 Å². The van der Waals surface area contributed by atoms with Crippen molar-refractivity contribution in [3.63, 3.8) is 0 Å². The summed E-state index contributed by atoms with van der Waals surface area (Å²) in [6.45, 7) is 1.48. The lowest BCUT2D eigenvalue weighted by Gasteiger charge is -2.24. The van der Waals surface area contributed by atoms with Crippen LogP contribution in [-0.2, 0) is 19.6 Å². The van der Waals surface area contributed by atoms with Crippen LogP contribution in [0.5, 0.6) is 0 Å². The monoisotopic (exact) mass is 351 g/mol. The van der Waals surface area contributed by atoms with E-state index in [9.17, 15) is 13.2 Å². The van der Waals surface area contributed by atoms with Gasteiger partial charge in [0, 0.05) is 25.7 Å². The molecule has 1 fully saturated rings. The standard InChI is InChI=1S/C16H21N3O4S/c1-24(21,22)19(15-4-2-3-13(11-15)12-17)8-7-18-16(20)14-5-9-23-10-6-14/h2-4,11,14H,5-10H2,1H3,(H,18,20). The van der Waals surface area contributed by atoms with Gasteiger partial charge in [0.2, 0.25) is 15.9 Å². The van der Waals surface area contributed by atoms with Crippen molar-refractivity contribution in [1.29, 1.82) is 5.26 Å². The number of benzene rings is 1. The van der Waals surface area contributed by atoms with E-state index in [1.54, 1.807) is 18.2 Å². The van der Waals surface area contributed by atoms with Gasteiger partial charge in [0.15, 0.2) is 0 Å². The maximum absolute atomic E-state index is 12.1. The SMILES string of the molecule is CS(=O)(=O)N(CCNC(=O)C1CCOCC1)c1cccc(C#N)c1. The normalized spacial score (nSPS) is 15.5. The van der Waals surface area contributed by atoms with Crippen molar-refractivity contribution in [2.24, 2.45) is 5.92 Å². The number of hydrogen-bond donors (Lipinski definition) is 1. The molecule has 1 aromatic rings. The predicted molar refractivity (Wildman–Crippen MR) is 89.9 cm³/mol. The molecule has 1 aliphatic rings. The number of carbonyl (C=O) groups excluding carboxylic acids is 1. The molecule has 1 amide bonds. The number of ether oxygens (including phenoxy) is 1. The maximum atomic E-state index is 12.1. The summed E-state index contributed by atoms with van der Waals surface area (Å²) in [5, 5.41) is 11.7. The minimum atomic E-state index is -3.51. The van der Waals surface area contributed by atoms with Crippen molar-refractivity contribution >= 4 is 21.6 Å². The first-order valence-corrected chi connectivity index (χ1v) is 9.60. The zero-order chi connectivity index (χ0) is 17.6. The van der Waals surface area contributed by atoms with E-state index in [0.29, 0.717) is 37.3 Å². The van der Waals surface area contributed by atoms with Gasteiger partial charge in [0.05, 0.1) is 30.1 Å². The van der Waals surface area contributed by atoms with Crippen LogP contribution in [0.25, 0.3) is 0 Å². The van der Waals surface area contributed by atoms with E-state index in [1.807, 2.05) is 6.07 Å². The molecule has 2 rings (SSSR count). The molecule has 0 bridgehead atoms. The van der Waals surface area contributed by atoms with Gasteiger partial charge in [-0.05, 0) is 31.0 Å². The number of rotatable bonds is 6. The lowest BCUT2D eigenvalue weighted by atomic mass is 9.99. The number of amides is 1. The lowest BCUT2D eigenvalue weighted by Crippen LogP contribution is -2.41. The van der Waals surface area contributed by atoms with E-state index in [-0.39, 0.29) is 24.9 Å². The highest BCUT2D eigenvalue weighted by Crippen LogP contribution is 2.19. The number of sulfonamides is 1. The summed E-state index contributed by atoms with van der Waals surface area (Å²) in [7, 11) is -3.51. The van der Waals surface area contributed by atoms with Crippen LogP contribution in [-0.4, -0.2) is 46.9 Å². The Hall–Kier alpha value is -2.11. The van der Waals surface area contributed by atoms with Crippen LogP contribution >= 0.6 is 0 Å². The van der Waals surface area contributed by atoms with E-state index in [1.165, 1.54) is 10.4 Å². The quantitative estimate of drug-likeness (QED) is 0.820. The van der Waals surface area contributed by atoms with Crippen LogP contribution < -0.4 is 9.62 Å². The number of nitrogens with zero attached hydrogens (tertiary/aromatic N) is 2. The third-order valence-corrected chi connectivity index (χ3v) is 5.06. The Morgan fingerprint density at radius 2 is 2.12 bits per heavy atom. The Labute approximate surface area is 142 Å². The number of hydrogen-bond acceptors (Lipinski definition) is 5. The second-order valence-electron chi connectivity index (χ2n) is 5.67. The molecule has 0 saturated carbocycles. The molecule has 8 heteroatoms. The number of anilines is 1. The van der Waals surface area contributed by atoms with Crippen molar-refractivity contribution in [3.8, 4) is 6.07 Å². The van der Waals surface area contributed by atoms with E-state index in [2.05, 4.69) is 5.32 Å². The van der Waals surface area contributed by atoms with Gasteiger partial charge in [-0.25, -0.2) is 8.42 Å². The van der Waals surface area contributed by atoms with Crippen LogP contribution in [0.4, 0.5) is 5.69 Å². The van der Waals surface area contributed by atoms with Gasteiger partial charge >= 0.3 is 0 Å². The molecule has 1 heterocycles. The molecule has 0 aliphatic carbocycles. The van der Waals surface area contributed by atoms with Crippen LogP contribution in [0.3, 0.4) is 0 Å². The largest absolute Gasteiger partial charge is 0.381 e. The number of nitrogens with one attached hydrogen (secondary N) is 1. The molecule has 1 aromatic carbocycles. The van der Waals surface area contributed by atoms with Gasteiger partial charge in [-0.1, -0.05) is 6.07 Å². The zero-order valence-electron chi connectivity index (χ0n) is 13.6. The summed E-state index contributed by atoms with van der Waals surface area (Å²) in [6.07, 6.45) is 2.48. The molecule has 1 N–H and O–H groups in total. The molecule has 7 nitrogen and oxygen atoms in total. The predicted octanol–water partition coefficient (Wildman–Crippen LogP) is 0.867. The van der Waals surface area contributed by atoms with Crippen molar-refractivity contribution in [3.05, 3.63) is 29.8 Å². The first-order valence-electron chi connectivity index (χ1n) is 7.75. The molecule has 0 unspecified atom stereocenters. The van der Waals surface area contributed by atoms with E-state index in [4.69, 9.17) is 10.00 Å². The Morgan fingerprint density at radius 1 is 1.42 bits per heavy atom. The Morgan fingerprint density at radius 3 is 2.75 bits per heavy atom. The fraction of sp³-hybridized carbons (Fsp3) is 0.500. The summed E-state index contributed by atoms with van der Waals surface area (Å²) in [6, 6.07) is 8.37. The van der Waals surface area contributed by atoms with E-state index >= 15 is 0 Å². The second-order valence-corrected chi connectivity index (χ2v) is 7.58. The molecule has 130 valence electrons. The first-order chi connectivity index (χ1) is 11.4. The van der Waals surface area contributed by atoms with Crippen molar-refractivity contribution in [2.75, 3.05) is 36.9 Å². The second kappa shape index (κ2) is 8.13. The van der Waals surface area contributed by atoms with Gasteiger partial charge in [-0.3, -0.25) is 9.10 Å². The van der Waals surface area contributed by atoms with Crippen LogP contribution in [0, 0.1) is 17.2 Å². The fourth-order valence-electron chi connectivity index (χ4n) is 2.60. The van der Waals surface area contributed by atoms with Gasteiger partial charge < -0.3 is 10.1 Å². The summed E-state index contributed by atoms with van der Waals surface area (Å²) in [4.78, 5) is 12.1. The minimum absolute atomic E-state index is 0.0717. The Kier molecular flexibility index (Phi) is 6.17. The van der Waals surface area contributed by atoms with Crippen molar-refractivity contribution < 1.29 is 17.9 Å². The molecule has 24 heavy (non-hydrogen) atoms. The Bertz CT molecular complexity index is 721. The lowest BCUT2D eigenvalue weighted by molar-refractivity contribution is -0.127. The third-order valence-electron chi connectivity index (χ3n) is 3.87. The summed E-state index contributed by atoms with van der Waals surface area (Å²) >= 11 is 0. The highest BCUT2D eigenvalue weighted by molar-refractivity contribution is 7.92. The molecule has 0 spiro atoms. The smallest absolute Gasteiger partial charge is 0.232 e. The third kappa shape index (κ3) is 4.94. The molecular weight excluding hydrogens is 330 g/mol. The molecule has 0 radical (unpaired) electrons.